The summed E-state index contributed by atoms with van der Waals surface area (Å²) in [4.78, 5) is 11.5. The Balaban J connectivity index is 1.40. The zero-order valence-electron chi connectivity index (χ0n) is 25.3. The zero-order chi connectivity index (χ0) is 31.8. The van der Waals surface area contributed by atoms with Gasteiger partial charge >= 0.3 is 5.97 Å². The monoisotopic (exact) mass is 608 g/mol. The van der Waals surface area contributed by atoms with Gasteiger partial charge in [0, 0.05) is 18.2 Å². The number of aliphatic hydroxyl groups is 1. The molecular weight excluding hydrogens is 572 g/mol. The van der Waals surface area contributed by atoms with Crippen molar-refractivity contribution in [2.45, 2.75) is 46.1 Å². The molecule has 5 rings (SSSR count). The summed E-state index contributed by atoms with van der Waals surface area (Å²) in [6.07, 6.45) is 0.672. The predicted octanol–water partition coefficient (Wildman–Crippen LogP) is 5.56. The number of benzene rings is 4. The second-order valence-corrected chi connectivity index (χ2v) is 10.7. The lowest BCUT2D eigenvalue weighted by Gasteiger charge is -2.20. The molecule has 0 fully saturated rings. The van der Waals surface area contributed by atoms with Crippen molar-refractivity contribution in [1.82, 2.24) is 5.32 Å². The van der Waals surface area contributed by atoms with Crippen molar-refractivity contribution in [3.63, 3.8) is 0 Å². The standard InChI is InChI=1S/C36H36N2O7/c1-3-26-15-29(19-38-31(20-39)36(40)41)34(44-21-25-7-4-6-24(14-25)18-37)17-33(26)45-22-28-8-5-9-30(23(28)2)27-10-11-32-35(16-27)43-13-12-42-32/h4-11,14-17,31,38-39H,3,12-13,19-22H2,1-2H3,(H,40,41)/t31-/m0/s1. The molecule has 0 spiro atoms. The smallest absolute Gasteiger partial charge is 0.323 e. The Morgan fingerprint density at radius 1 is 0.933 bits per heavy atom. The molecule has 0 bridgehead atoms. The number of nitrogens with zero attached hydrogens (tertiary/aromatic N) is 1. The lowest BCUT2D eigenvalue weighted by molar-refractivity contribution is -0.140. The fourth-order valence-corrected chi connectivity index (χ4v) is 5.21. The van der Waals surface area contributed by atoms with Gasteiger partial charge in [0.2, 0.25) is 0 Å². The Morgan fingerprint density at radius 3 is 2.44 bits per heavy atom. The molecule has 45 heavy (non-hydrogen) atoms. The average molecular weight is 609 g/mol. The zero-order valence-corrected chi connectivity index (χ0v) is 25.3. The first-order valence-electron chi connectivity index (χ1n) is 14.9. The van der Waals surface area contributed by atoms with Crippen LogP contribution in [-0.4, -0.2) is 42.0 Å². The fraction of sp³-hybridized carbons (Fsp3) is 0.278. The van der Waals surface area contributed by atoms with E-state index in [9.17, 15) is 20.3 Å². The number of carbonyl (C=O) groups is 1. The number of carboxylic acid groups (broad SMARTS) is 1. The van der Waals surface area contributed by atoms with Gasteiger partial charge in [0.1, 0.15) is 44.0 Å². The van der Waals surface area contributed by atoms with Crippen molar-refractivity contribution in [3.05, 3.63) is 106 Å². The van der Waals surface area contributed by atoms with Crippen LogP contribution in [0.5, 0.6) is 23.0 Å². The number of aliphatic carboxylic acids is 1. The number of aliphatic hydroxyl groups excluding tert-OH is 1. The van der Waals surface area contributed by atoms with E-state index >= 15 is 0 Å². The quantitative estimate of drug-likeness (QED) is 0.179. The first-order valence-corrected chi connectivity index (χ1v) is 14.9. The maximum absolute atomic E-state index is 11.5. The number of aryl methyl sites for hydroxylation is 1. The van der Waals surface area contributed by atoms with Gasteiger partial charge in [-0.3, -0.25) is 10.1 Å². The Kier molecular flexibility index (Phi) is 10.2. The molecule has 1 atom stereocenters. The maximum atomic E-state index is 11.5. The first-order chi connectivity index (χ1) is 21.9. The number of fused-ring (bicyclic) bond motifs is 1. The van der Waals surface area contributed by atoms with E-state index in [0.717, 1.165) is 50.4 Å². The van der Waals surface area contributed by atoms with Gasteiger partial charge in [-0.05, 0) is 77.1 Å². The van der Waals surface area contributed by atoms with Crippen molar-refractivity contribution >= 4 is 5.97 Å². The van der Waals surface area contributed by atoms with Crippen LogP contribution < -0.4 is 24.3 Å². The van der Waals surface area contributed by atoms with E-state index < -0.39 is 18.6 Å². The number of rotatable bonds is 13. The molecule has 4 aromatic carbocycles. The molecule has 1 aliphatic heterocycles. The summed E-state index contributed by atoms with van der Waals surface area (Å²) in [5.74, 6) is 1.52. The van der Waals surface area contributed by atoms with Crippen molar-refractivity contribution in [2.24, 2.45) is 0 Å². The van der Waals surface area contributed by atoms with Crippen LogP contribution in [-0.2, 0) is 31.0 Å². The van der Waals surface area contributed by atoms with Crippen LogP contribution in [0.15, 0.2) is 72.8 Å². The topological polar surface area (TPSA) is 130 Å². The van der Waals surface area contributed by atoms with Crippen LogP contribution in [0.3, 0.4) is 0 Å². The van der Waals surface area contributed by atoms with Gasteiger partial charge in [0.25, 0.3) is 0 Å². The second kappa shape index (κ2) is 14.6. The second-order valence-electron chi connectivity index (χ2n) is 10.7. The molecular formula is C36H36N2O7. The fourth-order valence-electron chi connectivity index (χ4n) is 5.21. The molecule has 1 aliphatic rings. The SMILES string of the molecule is CCc1cc(CN[C@@H](CO)C(=O)O)c(OCc2cccc(C#N)c2)cc1OCc1cccc(-c2ccc3c(c2)OCCO3)c1C. The number of hydrogen-bond donors (Lipinski definition) is 3. The Morgan fingerprint density at radius 2 is 1.69 bits per heavy atom. The minimum atomic E-state index is -1.14. The van der Waals surface area contributed by atoms with E-state index in [1.807, 2.05) is 55.5 Å². The minimum absolute atomic E-state index is 0.162. The highest BCUT2D eigenvalue weighted by atomic mass is 16.6. The van der Waals surface area contributed by atoms with Crippen LogP contribution in [0.2, 0.25) is 0 Å². The summed E-state index contributed by atoms with van der Waals surface area (Å²) < 4.78 is 24.1. The third-order valence-corrected chi connectivity index (χ3v) is 7.78. The average Bonchev–Trinajstić information content (AvgIpc) is 3.07. The van der Waals surface area contributed by atoms with E-state index in [-0.39, 0.29) is 13.2 Å². The summed E-state index contributed by atoms with van der Waals surface area (Å²) in [5.41, 5.74) is 7.23. The van der Waals surface area contributed by atoms with E-state index in [1.165, 1.54) is 0 Å². The molecule has 4 aromatic rings. The van der Waals surface area contributed by atoms with Gasteiger partial charge in [-0.25, -0.2) is 0 Å². The molecule has 0 saturated heterocycles. The highest BCUT2D eigenvalue weighted by Crippen LogP contribution is 2.37. The summed E-state index contributed by atoms with van der Waals surface area (Å²) in [6.45, 7) is 5.31. The van der Waals surface area contributed by atoms with Crippen molar-refractivity contribution in [1.29, 1.82) is 5.26 Å². The van der Waals surface area contributed by atoms with Crippen LogP contribution in [0.1, 0.15) is 40.3 Å². The van der Waals surface area contributed by atoms with Crippen molar-refractivity contribution < 1.29 is 34.0 Å². The molecule has 0 unspecified atom stereocenters. The van der Waals surface area contributed by atoms with Gasteiger partial charge in [0.15, 0.2) is 11.5 Å². The Hall–Kier alpha value is -5.04. The Bertz CT molecular complexity index is 1710. The normalized spacial score (nSPS) is 12.7. The molecule has 9 nitrogen and oxygen atoms in total. The van der Waals surface area contributed by atoms with Gasteiger partial charge in [-0.1, -0.05) is 43.3 Å². The number of carboxylic acids is 1. The summed E-state index contributed by atoms with van der Waals surface area (Å²) >= 11 is 0. The van der Waals surface area contributed by atoms with Crippen LogP contribution in [0.4, 0.5) is 0 Å². The van der Waals surface area contributed by atoms with E-state index in [1.54, 1.807) is 18.2 Å². The summed E-state index contributed by atoms with van der Waals surface area (Å²) in [5, 5.41) is 31.1. The highest BCUT2D eigenvalue weighted by Gasteiger charge is 2.19. The Labute approximate surface area is 262 Å². The van der Waals surface area contributed by atoms with Gasteiger partial charge in [0.05, 0.1) is 18.2 Å². The number of nitriles is 1. The summed E-state index contributed by atoms with van der Waals surface area (Å²) in [7, 11) is 0. The minimum Gasteiger partial charge on any atom is -0.488 e. The lowest BCUT2D eigenvalue weighted by atomic mass is 9.96. The molecule has 0 amide bonds. The van der Waals surface area contributed by atoms with Crippen LogP contribution in [0.25, 0.3) is 11.1 Å². The largest absolute Gasteiger partial charge is 0.488 e. The molecule has 0 radical (unpaired) electrons. The lowest BCUT2D eigenvalue weighted by Crippen LogP contribution is -2.39. The maximum Gasteiger partial charge on any atom is 0.323 e. The highest BCUT2D eigenvalue weighted by molar-refractivity contribution is 5.73. The molecule has 3 N–H and O–H groups in total. The molecule has 0 saturated carbocycles. The number of ether oxygens (including phenoxy) is 4. The van der Waals surface area contributed by atoms with Gasteiger partial charge < -0.3 is 29.2 Å². The van der Waals surface area contributed by atoms with Crippen molar-refractivity contribution in [3.8, 4) is 40.2 Å². The van der Waals surface area contributed by atoms with E-state index in [4.69, 9.17) is 18.9 Å². The van der Waals surface area contributed by atoms with Gasteiger partial charge in [-0.15, -0.1) is 0 Å². The molecule has 9 heteroatoms. The third-order valence-electron chi connectivity index (χ3n) is 7.78. The van der Waals surface area contributed by atoms with Gasteiger partial charge in [-0.2, -0.15) is 5.26 Å². The molecule has 232 valence electrons. The van der Waals surface area contributed by atoms with Crippen molar-refractivity contribution in [2.75, 3.05) is 19.8 Å². The molecule has 0 aromatic heterocycles. The number of hydrogen-bond acceptors (Lipinski definition) is 8. The van der Waals surface area contributed by atoms with E-state index in [0.29, 0.717) is 43.3 Å². The third kappa shape index (κ3) is 7.55. The van der Waals surface area contributed by atoms with E-state index in [2.05, 4.69) is 24.4 Å². The predicted molar refractivity (Wildman–Crippen MR) is 169 cm³/mol. The van der Waals surface area contributed by atoms with Crippen LogP contribution >= 0.6 is 0 Å². The number of nitrogens with one attached hydrogen (secondary N) is 1. The van der Waals surface area contributed by atoms with Crippen LogP contribution in [0, 0.1) is 18.3 Å². The molecule has 0 aliphatic carbocycles. The molecule has 1 heterocycles. The summed E-state index contributed by atoms with van der Waals surface area (Å²) in [6, 6.07) is 24.1. The first kappa shape index (κ1) is 31.4.